The Bertz CT molecular complexity index is 597. The van der Waals surface area contributed by atoms with Crippen LogP contribution in [0.5, 0.6) is 11.6 Å². The minimum Gasteiger partial charge on any atom is -0.435 e. The Morgan fingerprint density at radius 2 is 1.89 bits per heavy atom. The van der Waals surface area contributed by atoms with Crippen LogP contribution in [0.25, 0.3) is 0 Å². The molecule has 0 radical (unpaired) electrons. The largest absolute Gasteiger partial charge is 0.435 e. The van der Waals surface area contributed by atoms with Crippen LogP contribution in [-0.2, 0) is 0 Å². The van der Waals surface area contributed by atoms with Gasteiger partial charge in [-0.05, 0) is 26.0 Å². The third-order valence-corrected chi connectivity index (χ3v) is 3.15. The van der Waals surface area contributed by atoms with Gasteiger partial charge >= 0.3 is 0 Å². The first kappa shape index (κ1) is 14.1. The van der Waals surface area contributed by atoms with E-state index in [-0.39, 0.29) is 16.8 Å². The van der Waals surface area contributed by atoms with Gasteiger partial charge in [0.25, 0.3) is 0 Å². The molecule has 0 aliphatic carbocycles. The summed E-state index contributed by atoms with van der Waals surface area (Å²) in [4.78, 5) is 7.94. The Morgan fingerprint density at radius 1 is 1.21 bits per heavy atom. The third kappa shape index (κ3) is 3.01. The zero-order chi connectivity index (χ0) is 14.2. The van der Waals surface area contributed by atoms with Crippen molar-refractivity contribution in [2.24, 2.45) is 0 Å². The van der Waals surface area contributed by atoms with Gasteiger partial charge in [-0.2, -0.15) is 9.37 Å². The summed E-state index contributed by atoms with van der Waals surface area (Å²) in [7, 11) is 0. The molecule has 0 saturated heterocycles. The van der Waals surface area contributed by atoms with Gasteiger partial charge in [-0.25, -0.2) is 9.37 Å². The van der Waals surface area contributed by atoms with Crippen LogP contribution >= 0.6 is 27.5 Å². The summed E-state index contributed by atoms with van der Waals surface area (Å²) in [5.74, 6) is -1.91. The SMILES string of the molecule is Cc1nc(Cl)c(C)c(Oc2cc(Br)cc(F)c2F)n1. The van der Waals surface area contributed by atoms with E-state index in [1.807, 2.05) is 0 Å². The fourth-order valence-electron chi connectivity index (χ4n) is 1.38. The number of benzene rings is 1. The van der Waals surface area contributed by atoms with Crippen LogP contribution in [0, 0.1) is 25.5 Å². The van der Waals surface area contributed by atoms with Crippen LogP contribution in [0.2, 0.25) is 5.15 Å². The molecule has 0 bridgehead atoms. The summed E-state index contributed by atoms with van der Waals surface area (Å²) in [6, 6.07) is 2.32. The highest BCUT2D eigenvalue weighted by Gasteiger charge is 2.15. The molecule has 0 aliphatic rings. The van der Waals surface area contributed by atoms with Crippen LogP contribution < -0.4 is 4.74 Å². The summed E-state index contributed by atoms with van der Waals surface area (Å²) in [5.41, 5.74) is 0.451. The average molecular weight is 350 g/mol. The van der Waals surface area contributed by atoms with Crippen LogP contribution in [0.15, 0.2) is 16.6 Å². The third-order valence-electron chi connectivity index (χ3n) is 2.32. The molecule has 3 nitrogen and oxygen atoms in total. The van der Waals surface area contributed by atoms with Gasteiger partial charge in [0.2, 0.25) is 11.7 Å². The van der Waals surface area contributed by atoms with Crippen molar-refractivity contribution < 1.29 is 13.5 Å². The van der Waals surface area contributed by atoms with Crippen molar-refractivity contribution >= 4 is 27.5 Å². The van der Waals surface area contributed by atoms with Gasteiger partial charge in [0.15, 0.2) is 11.6 Å². The molecule has 0 amide bonds. The molecule has 0 atom stereocenters. The first-order valence-electron chi connectivity index (χ1n) is 5.21. The lowest BCUT2D eigenvalue weighted by Crippen LogP contribution is -1.99. The van der Waals surface area contributed by atoms with Crippen molar-refractivity contribution in [1.82, 2.24) is 9.97 Å². The van der Waals surface area contributed by atoms with Crippen LogP contribution in [0.4, 0.5) is 8.78 Å². The monoisotopic (exact) mass is 348 g/mol. The van der Waals surface area contributed by atoms with Gasteiger partial charge in [-0.1, -0.05) is 27.5 Å². The fourth-order valence-corrected chi connectivity index (χ4v) is 1.99. The second-order valence-electron chi connectivity index (χ2n) is 3.79. The van der Waals surface area contributed by atoms with E-state index in [1.54, 1.807) is 13.8 Å². The zero-order valence-electron chi connectivity index (χ0n) is 9.97. The summed E-state index contributed by atoms with van der Waals surface area (Å²) >= 11 is 8.94. The fraction of sp³-hybridized carbons (Fsp3) is 0.167. The average Bonchev–Trinajstić information content (AvgIpc) is 2.31. The molecule has 1 aromatic heterocycles. The Hall–Kier alpha value is -1.27. The zero-order valence-corrected chi connectivity index (χ0v) is 12.3. The molecule has 2 rings (SSSR count). The standard InChI is InChI=1S/C12H8BrClF2N2O/c1-5-11(14)17-6(2)18-12(5)19-9-4-7(13)3-8(15)10(9)16/h3-4H,1-2H3. The first-order valence-corrected chi connectivity index (χ1v) is 6.38. The highest BCUT2D eigenvalue weighted by molar-refractivity contribution is 9.10. The number of hydrogen-bond acceptors (Lipinski definition) is 3. The predicted molar refractivity (Wildman–Crippen MR) is 70.6 cm³/mol. The van der Waals surface area contributed by atoms with Crippen molar-refractivity contribution in [3.05, 3.63) is 44.8 Å². The topological polar surface area (TPSA) is 35.0 Å². The number of nitrogens with zero attached hydrogens (tertiary/aromatic N) is 2. The van der Waals surface area contributed by atoms with Crippen molar-refractivity contribution in [1.29, 1.82) is 0 Å². The number of aromatic nitrogens is 2. The molecule has 0 saturated carbocycles. The lowest BCUT2D eigenvalue weighted by atomic mass is 10.3. The maximum absolute atomic E-state index is 13.6. The molecule has 19 heavy (non-hydrogen) atoms. The Morgan fingerprint density at radius 3 is 2.58 bits per heavy atom. The predicted octanol–water partition coefficient (Wildman–Crippen LogP) is 4.58. The highest BCUT2D eigenvalue weighted by Crippen LogP contribution is 2.31. The lowest BCUT2D eigenvalue weighted by molar-refractivity contribution is 0.401. The van der Waals surface area contributed by atoms with Crippen molar-refractivity contribution in [3.8, 4) is 11.6 Å². The smallest absolute Gasteiger partial charge is 0.227 e. The minimum absolute atomic E-state index is 0.0916. The van der Waals surface area contributed by atoms with Gasteiger partial charge in [0.1, 0.15) is 11.0 Å². The Balaban J connectivity index is 2.47. The molecular formula is C12H8BrClF2N2O. The van der Waals surface area contributed by atoms with Crippen molar-refractivity contribution in [2.75, 3.05) is 0 Å². The maximum atomic E-state index is 13.6. The number of aryl methyl sites for hydroxylation is 1. The van der Waals surface area contributed by atoms with Crippen molar-refractivity contribution in [2.45, 2.75) is 13.8 Å². The van der Waals surface area contributed by atoms with E-state index in [2.05, 4.69) is 25.9 Å². The van der Waals surface area contributed by atoms with E-state index in [4.69, 9.17) is 16.3 Å². The molecule has 1 aromatic carbocycles. The van der Waals surface area contributed by atoms with Crippen LogP contribution in [0.1, 0.15) is 11.4 Å². The summed E-state index contributed by atoms with van der Waals surface area (Å²) in [6.07, 6.45) is 0. The van der Waals surface area contributed by atoms with Crippen LogP contribution in [-0.4, -0.2) is 9.97 Å². The Labute approximate surface area is 121 Å². The van der Waals surface area contributed by atoms with Gasteiger partial charge in [0.05, 0.1) is 0 Å². The maximum Gasteiger partial charge on any atom is 0.227 e. The molecule has 0 spiro atoms. The summed E-state index contributed by atoms with van der Waals surface area (Å²) < 4.78 is 32.5. The highest BCUT2D eigenvalue weighted by atomic mass is 79.9. The Kier molecular flexibility index (Phi) is 4.01. The van der Waals surface area contributed by atoms with Gasteiger partial charge < -0.3 is 4.74 Å². The second kappa shape index (κ2) is 5.38. The van der Waals surface area contributed by atoms with Gasteiger partial charge in [0, 0.05) is 10.0 Å². The molecule has 0 N–H and O–H groups in total. The normalized spacial score (nSPS) is 10.6. The van der Waals surface area contributed by atoms with Crippen LogP contribution in [0.3, 0.4) is 0 Å². The number of halogens is 4. The van der Waals surface area contributed by atoms with E-state index >= 15 is 0 Å². The lowest BCUT2D eigenvalue weighted by Gasteiger charge is -2.10. The minimum atomic E-state index is -1.09. The second-order valence-corrected chi connectivity index (χ2v) is 5.07. The van der Waals surface area contributed by atoms with Crippen molar-refractivity contribution in [3.63, 3.8) is 0 Å². The summed E-state index contributed by atoms with van der Waals surface area (Å²) in [5, 5.41) is 0.207. The molecule has 0 unspecified atom stereocenters. The first-order chi connectivity index (χ1) is 8.88. The molecule has 0 fully saturated rings. The molecule has 2 aromatic rings. The van der Waals surface area contributed by atoms with Gasteiger partial charge in [-0.15, -0.1) is 0 Å². The summed E-state index contributed by atoms with van der Waals surface area (Å²) in [6.45, 7) is 3.25. The molecular weight excluding hydrogens is 341 g/mol. The van der Waals surface area contributed by atoms with E-state index in [9.17, 15) is 8.78 Å². The number of hydrogen-bond donors (Lipinski definition) is 0. The molecule has 7 heteroatoms. The molecule has 1 heterocycles. The van der Waals surface area contributed by atoms with E-state index in [1.165, 1.54) is 6.07 Å². The number of ether oxygens (including phenoxy) is 1. The van der Waals surface area contributed by atoms with E-state index < -0.39 is 11.6 Å². The number of rotatable bonds is 2. The quantitative estimate of drug-likeness (QED) is 0.588. The van der Waals surface area contributed by atoms with E-state index in [0.717, 1.165) is 6.07 Å². The molecule has 100 valence electrons. The van der Waals surface area contributed by atoms with E-state index in [0.29, 0.717) is 15.9 Å². The molecule has 0 aliphatic heterocycles. The van der Waals surface area contributed by atoms with Gasteiger partial charge in [-0.3, -0.25) is 0 Å².